The first-order valence-corrected chi connectivity index (χ1v) is 10.5. The van der Waals surface area contributed by atoms with Crippen molar-refractivity contribution in [2.24, 2.45) is 0 Å². The van der Waals surface area contributed by atoms with Crippen LogP contribution in [0.1, 0.15) is 49.9 Å². The van der Waals surface area contributed by atoms with E-state index in [9.17, 15) is 21.9 Å². The smallest absolute Gasteiger partial charge is 0.772 e. The van der Waals surface area contributed by atoms with Crippen LogP contribution in [0, 0.1) is 0 Å². The van der Waals surface area contributed by atoms with Crippen LogP contribution < -0.4 is 34.5 Å². The molecule has 3 aliphatic rings. The molecule has 3 fully saturated rings. The van der Waals surface area contributed by atoms with E-state index in [0.717, 1.165) is 25.3 Å². The van der Waals surface area contributed by atoms with Crippen molar-refractivity contribution in [3.63, 3.8) is 0 Å². The fraction of sp³-hybridized carbons (Fsp3) is 0.765. The van der Waals surface area contributed by atoms with Gasteiger partial charge in [-0.3, -0.25) is 9.11 Å². The second-order valence-electron chi connectivity index (χ2n) is 7.75. The van der Waals surface area contributed by atoms with Crippen LogP contribution in [0.4, 0.5) is 19.1 Å². The monoisotopic (exact) mass is 426 g/mol. The number of alkyl halides is 3. The van der Waals surface area contributed by atoms with Crippen molar-refractivity contribution in [2.45, 2.75) is 62.8 Å². The number of rotatable bonds is 4. The maximum absolute atomic E-state index is 13.4. The van der Waals surface area contributed by atoms with E-state index < -0.39 is 23.0 Å². The third-order valence-electron chi connectivity index (χ3n) is 5.97. The van der Waals surface area contributed by atoms with Gasteiger partial charge in [0, 0.05) is 42.9 Å². The van der Waals surface area contributed by atoms with Crippen LogP contribution in [0.25, 0.3) is 0 Å². The summed E-state index contributed by atoms with van der Waals surface area (Å²) in [4.78, 5) is 12.3. The molecule has 0 amide bonds. The van der Waals surface area contributed by atoms with E-state index in [-0.39, 0.29) is 65.3 Å². The molecular weight excluding hydrogens is 404 g/mol. The maximum atomic E-state index is 13.4. The summed E-state index contributed by atoms with van der Waals surface area (Å²) in [5.41, 5.74) is -0.479. The molecule has 3 saturated heterocycles. The van der Waals surface area contributed by atoms with Gasteiger partial charge >= 0.3 is 35.7 Å². The maximum Gasteiger partial charge on any atom is 1.00 e. The zero-order chi connectivity index (χ0) is 19.3. The molecule has 1 aromatic heterocycles. The van der Waals surface area contributed by atoms with Gasteiger partial charge in [-0.15, -0.1) is 0 Å². The van der Waals surface area contributed by atoms with Crippen molar-refractivity contribution in [1.82, 2.24) is 14.9 Å². The van der Waals surface area contributed by atoms with Gasteiger partial charge < -0.3 is 9.45 Å². The van der Waals surface area contributed by atoms with Crippen molar-refractivity contribution in [3.8, 4) is 0 Å². The van der Waals surface area contributed by atoms with Crippen LogP contribution in [-0.2, 0) is 17.3 Å². The Labute approximate surface area is 186 Å². The second kappa shape index (κ2) is 8.47. The molecule has 0 bridgehead atoms. The van der Waals surface area contributed by atoms with Gasteiger partial charge in [0.1, 0.15) is 5.69 Å². The Morgan fingerprint density at radius 3 is 2.64 bits per heavy atom. The molecule has 0 aliphatic carbocycles. The van der Waals surface area contributed by atoms with E-state index in [1.54, 1.807) is 0 Å². The average molecular weight is 426 g/mol. The number of nitrogens with zero attached hydrogens (tertiary/aromatic N) is 4. The summed E-state index contributed by atoms with van der Waals surface area (Å²) >= 11 is -2.10. The van der Waals surface area contributed by atoms with Crippen molar-refractivity contribution in [2.75, 3.05) is 23.7 Å². The number of anilines is 1. The summed E-state index contributed by atoms with van der Waals surface area (Å²) in [7, 11) is 0. The number of aromatic nitrogens is 2. The van der Waals surface area contributed by atoms with E-state index in [1.165, 1.54) is 0 Å². The first kappa shape index (κ1) is 22.4. The van der Waals surface area contributed by atoms with Gasteiger partial charge in [0.2, 0.25) is 5.95 Å². The van der Waals surface area contributed by atoms with Crippen LogP contribution in [-0.4, -0.2) is 60.6 Å². The molecule has 0 saturated carbocycles. The number of halogens is 3. The predicted molar refractivity (Wildman–Crippen MR) is 93.1 cm³/mol. The fourth-order valence-electron chi connectivity index (χ4n) is 4.47. The van der Waals surface area contributed by atoms with Gasteiger partial charge in [0.05, 0.1) is 5.69 Å². The quantitative estimate of drug-likeness (QED) is 0.360. The van der Waals surface area contributed by atoms with Crippen LogP contribution in [0.15, 0.2) is 6.07 Å². The Balaban J connectivity index is 0.00000225. The molecule has 3 unspecified atom stereocenters. The molecule has 6 nitrogen and oxygen atoms in total. The van der Waals surface area contributed by atoms with E-state index in [1.807, 2.05) is 16.7 Å². The van der Waals surface area contributed by atoms with Crippen molar-refractivity contribution in [1.29, 1.82) is 0 Å². The number of hydrogen-bond donors (Lipinski definition) is 0. The largest absolute Gasteiger partial charge is 1.00 e. The van der Waals surface area contributed by atoms with Gasteiger partial charge in [-0.05, 0) is 38.7 Å². The SMILES string of the molecule is C[C@H]1CCCCN1c1nc(C2C[C@H]3[C@@H](CS(=O)[O-])N3C2)cc(C(F)(F)F)n1.[Na+]. The van der Waals surface area contributed by atoms with Gasteiger partial charge in [-0.2, -0.15) is 13.2 Å². The van der Waals surface area contributed by atoms with E-state index in [2.05, 4.69) is 9.97 Å². The Morgan fingerprint density at radius 2 is 2.07 bits per heavy atom. The van der Waals surface area contributed by atoms with Gasteiger partial charge in [0.25, 0.3) is 0 Å². The van der Waals surface area contributed by atoms with Crippen LogP contribution >= 0.6 is 0 Å². The van der Waals surface area contributed by atoms with Gasteiger partial charge in [0.15, 0.2) is 0 Å². The van der Waals surface area contributed by atoms with E-state index in [4.69, 9.17) is 0 Å². The molecule has 28 heavy (non-hydrogen) atoms. The molecule has 1 aromatic rings. The van der Waals surface area contributed by atoms with Crippen molar-refractivity contribution < 1.29 is 51.5 Å². The molecule has 0 aromatic carbocycles. The first-order valence-electron chi connectivity index (χ1n) is 9.28. The average Bonchev–Trinajstić information content (AvgIpc) is 3.03. The number of fused-ring (bicyclic) bond motifs is 1. The predicted octanol–water partition coefficient (Wildman–Crippen LogP) is -0.703. The van der Waals surface area contributed by atoms with Gasteiger partial charge in [-0.1, -0.05) is 11.1 Å². The minimum Gasteiger partial charge on any atom is -0.772 e. The standard InChI is InChI=1S/C17H23F3N4O2S.Na/c1-10-4-2-3-5-23(10)16-21-12(7-15(22-16)17(18,19)20)11-6-13-14(9-27(25)26)24(13)8-11;/h7,10-11,13-14H,2-6,8-9H2,1H3,(H,25,26);/q;+1/p-1/t10-,11?,13-,14+,24?;/m0./s1. The molecule has 150 valence electrons. The molecule has 3 aliphatic heterocycles. The topological polar surface area (TPSA) is 72.2 Å². The minimum absolute atomic E-state index is 0. The van der Waals surface area contributed by atoms with E-state index in [0.29, 0.717) is 25.2 Å². The third-order valence-corrected chi connectivity index (χ3v) is 6.59. The summed E-state index contributed by atoms with van der Waals surface area (Å²) in [5.74, 6) is 0.139. The van der Waals surface area contributed by atoms with Crippen LogP contribution in [0.2, 0.25) is 0 Å². The third kappa shape index (κ3) is 4.57. The Kier molecular flexibility index (Phi) is 6.78. The zero-order valence-corrected chi connectivity index (χ0v) is 18.8. The second-order valence-corrected chi connectivity index (χ2v) is 8.69. The number of piperidine rings is 2. The Bertz CT molecular complexity index is 742. The summed E-state index contributed by atoms with van der Waals surface area (Å²) in [6.07, 6.45) is -0.972. The fourth-order valence-corrected chi connectivity index (χ4v) is 5.16. The van der Waals surface area contributed by atoms with Crippen LogP contribution in [0.3, 0.4) is 0 Å². The summed E-state index contributed by atoms with van der Waals surface area (Å²) in [6, 6.07) is 1.32. The molecular formula is C17H22F3N4NaO2S. The first-order chi connectivity index (χ1) is 12.7. The van der Waals surface area contributed by atoms with Crippen LogP contribution in [0.5, 0.6) is 0 Å². The van der Waals surface area contributed by atoms with E-state index >= 15 is 0 Å². The molecule has 0 N–H and O–H groups in total. The summed E-state index contributed by atoms with van der Waals surface area (Å²) < 4.78 is 61.9. The van der Waals surface area contributed by atoms with Crippen molar-refractivity contribution in [3.05, 3.63) is 17.5 Å². The molecule has 6 atom stereocenters. The number of hydrogen-bond acceptors (Lipinski definition) is 6. The minimum atomic E-state index is -4.52. The summed E-state index contributed by atoms with van der Waals surface area (Å²) in [6.45, 7) is 3.21. The normalized spacial score (nSPS) is 33.2. The molecule has 0 spiro atoms. The van der Waals surface area contributed by atoms with Gasteiger partial charge in [-0.25, -0.2) is 9.97 Å². The van der Waals surface area contributed by atoms with Crippen molar-refractivity contribution >= 4 is 17.0 Å². The summed E-state index contributed by atoms with van der Waals surface area (Å²) in [5, 5.41) is 0. The molecule has 0 radical (unpaired) electrons. The Hall–Kier alpha value is -0.260. The molecule has 4 heterocycles. The molecule has 4 rings (SSSR count). The molecule has 11 heteroatoms. The Morgan fingerprint density at radius 1 is 1.32 bits per heavy atom. The zero-order valence-electron chi connectivity index (χ0n) is 16.0.